The number of carbonyl (C=O) groups excluding carboxylic acids is 1. The van der Waals surface area contributed by atoms with E-state index in [2.05, 4.69) is 72.6 Å². The van der Waals surface area contributed by atoms with Crippen molar-refractivity contribution in [3.05, 3.63) is 71.3 Å². The van der Waals surface area contributed by atoms with E-state index in [-0.39, 0.29) is 17.9 Å². The zero-order chi connectivity index (χ0) is 17.6. The lowest BCUT2D eigenvalue weighted by Crippen LogP contribution is -2.34. The molecule has 3 rings (SSSR count). The van der Waals surface area contributed by atoms with Crippen molar-refractivity contribution >= 4 is 5.91 Å². The van der Waals surface area contributed by atoms with Crippen molar-refractivity contribution < 1.29 is 4.79 Å². The Morgan fingerprint density at radius 3 is 2.52 bits per heavy atom. The third kappa shape index (κ3) is 4.70. The van der Waals surface area contributed by atoms with E-state index in [4.69, 9.17) is 0 Å². The van der Waals surface area contributed by atoms with Gasteiger partial charge in [0.15, 0.2) is 0 Å². The molecular weight excluding hydrogens is 308 g/mol. The van der Waals surface area contributed by atoms with Gasteiger partial charge in [-0.1, -0.05) is 61.5 Å². The highest BCUT2D eigenvalue weighted by molar-refractivity contribution is 5.79. The summed E-state index contributed by atoms with van der Waals surface area (Å²) in [4.78, 5) is 15.0. The van der Waals surface area contributed by atoms with Crippen LogP contribution in [0.15, 0.2) is 54.6 Å². The summed E-state index contributed by atoms with van der Waals surface area (Å²) >= 11 is 0. The van der Waals surface area contributed by atoms with Crippen LogP contribution in [0.4, 0.5) is 0 Å². The van der Waals surface area contributed by atoms with Crippen LogP contribution in [-0.2, 0) is 17.8 Å². The van der Waals surface area contributed by atoms with E-state index < -0.39 is 0 Å². The molecule has 0 aliphatic carbocycles. The smallest absolute Gasteiger partial charge is 0.224 e. The van der Waals surface area contributed by atoms with E-state index >= 15 is 0 Å². The van der Waals surface area contributed by atoms with Gasteiger partial charge in [0.05, 0.1) is 12.0 Å². The Kier molecular flexibility index (Phi) is 5.87. The number of hydrogen-bond donors (Lipinski definition) is 1. The maximum absolute atomic E-state index is 12.6. The minimum atomic E-state index is 0.0570. The summed E-state index contributed by atoms with van der Waals surface area (Å²) in [6.07, 6.45) is 1.99. The average molecular weight is 336 g/mol. The highest BCUT2D eigenvalue weighted by Gasteiger charge is 2.28. The Balaban J connectivity index is 1.51. The predicted octanol–water partition coefficient (Wildman–Crippen LogP) is 3.95. The van der Waals surface area contributed by atoms with Crippen molar-refractivity contribution in [3.63, 3.8) is 0 Å². The molecule has 0 spiro atoms. The van der Waals surface area contributed by atoms with Crippen molar-refractivity contribution in [1.82, 2.24) is 10.2 Å². The molecule has 2 atom stereocenters. The van der Waals surface area contributed by atoms with Crippen LogP contribution in [0.1, 0.15) is 43.0 Å². The molecule has 3 nitrogen and oxygen atoms in total. The molecule has 1 aliphatic rings. The Morgan fingerprint density at radius 1 is 1.12 bits per heavy atom. The van der Waals surface area contributed by atoms with Crippen LogP contribution in [-0.4, -0.2) is 23.9 Å². The Morgan fingerprint density at radius 2 is 1.84 bits per heavy atom. The van der Waals surface area contributed by atoms with E-state index in [9.17, 15) is 4.79 Å². The number of benzene rings is 2. The molecule has 3 heteroatoms. The number of hydrogen-bond acceptors (Lipinski definition) is 2. The van der Waals surface area contributed by atoms with Gasteiger partial charge in [-0.25, -0.2) is 0 Å². The van der Waals surface area contributed by atoms with Crippen molar-refractivity contribution in [3.8, 4) is 0 Å². The topological polar surface area (TPSA) is 32.3 Å². The molecule has 0 aromatic heterocycles. The monoisotopic (exact) mass is 336 g/mol. The molecule has 0 radical (unpaired) electrons. The molecule has 1 saturated heterocycles. The van der Waals surface area contributed by atoms with Gasteiger partial charge in [-0.05, 0) is 43.0 Å². The van der Waals surface area contributed by atoms with Crippen LogP contribution in [0.25, 0.3) is 0 Å². The van der Waals surface area contributed by atoms with Gasteiger partial charge >= 0.3 is 0 Å². The van der Waals surface area contributed by atoms with Crippen LogP contribution in [0.2, 0.25) is 0 Å². The number of amides is 1. The van der Waals surface area contributed by atoms with E-state index in [1.807, 2.05) is 6.07 Å². The SMILES string of the molecule is CCc1ccc(C(C)NC(=O)C2CCN(Cc3ccccc3)C2)cc1. The fourth-order valence-corrected chi connectivity index (χ4v) is 3.49. The molecule has 1 aliphatic heterocycles. The van der Waals surface area contributed by atoms with Gasteiger partial charge in [0, 0.05) is 13.1 Å². The van der Waals surface area contributed by atoms with Crippen LogP contribution >= 0.6 is 0 Å². The van der Waals surface area contributed by atoms with Crippen molar-refractivity contribution in [1.29, 1.82) is 0 Å². The third-order valence-corrected chi connectivity index (χ3v) is 5.14. The first kappa shape index (κ1) is 17.7. The zero-order valence-electron chi connectivity index (χ0n) is 15.2. The minimum absolute atomic E-state index is 0.0570. The van der Waals surface area contributed by atoms with E-state index in [1.165, 1.54) is 16.7 Å². The largest absolute Gasteiger partial charge is 0.349 e. The van der Waals surface area contributed by atoms with Crippen molar-refractivity contribution in [2.75, 3.05) is 13.1 Å². The summed E-state index contributed by atoms with van der Waals surface area (Å²) in [7, 11) is 0. The van der Waals surface area contributed by atoms with Gasteiger partial charge in [-0.2, -0.15) is 0 Å². The lowest BCUT2D eigenvalue weighted by atomic mass is 10.0. The van der Waals surface area contributed by atoms with Crippen LogP contribution in [0.3, 0.4) is 0 Å². The van der Waals surface area contributed by atoms with E-state index in [1.54, 1.807) is 0 Å². The van der Waals surface area contributed by atoms with Crippen LogP contribution < -0.4 is 5.32 Å². The second kappa shape index (κ2) is 8.30. The van der Waals surface area contributed by atoms with E-state index in [0.717, 1.165) is 32.5 Å². The molecule has 1 amide bonds. The molecule has 1 heterocycles. The van der Waals surface area contributed by atoms with Crippen molar-refractivity contribution in [2.24, 2.45) is 5.92 Å². The first-order chi connectivity index (χ1) is 12.2. The normalized spacial score (nSPS) is 18.9. The lowest BCUT2D eigenvalue weighted by molar-refractivity contribution is -0.125. The number of nitrogens with one attached hydrogen (secondary N) is 1. The Hall–Kier alpha value is -2.13. The molecule has 2 aromatic carbocycles. The van der Waals surface area contributed by atoms with Gasteiger partial charge in [-0.15, -0.1) is 0 Å². The predicted molar refractivity (Wildman–Crippen MR) is 102 cm³/mol. The van der Waals surface area contributed by atoms with E-state index in [0.29, 0.717) is 0 Å². The first-order valence-electron chi connectivity index (χ1n) is 9.31. The molecule has 1 fully saturated rings. The van der Waals surface area contributed by atoms with Crippen molar-refractivity contribution in [2.45, 2.75) is 39.3 Å². The highest BCUT2D eigenvalue weighted by Crippen LogP contribution is 2.21. The summed E-state index contributed by atoms with van der Waals surface area (Å²) in [6, 6.07) is 19.1. The molecule has 2 aromatic rings. The molecule has 1 N–H and O–H groups in total. The number of aryl methyl sites for hydroxylation is 1. The fourth-order valence-electron chi connectivity index (χ4n) is 3.49. The van der Waals surface area contributed by atoms with Gasteiger partial charge in [0.25, 0.3) is 0 Å². The fraction of sp³-hybridized carbons (Fsp3) is 0.409. The molecule has 2 unspecified atom stereocenters. The zero-order valence-corrected chi connectivity index (χ0v) is 15.2. The summed E-state index contributed by atoms with van der Waals surface area (Å²) in [6.45, 7) is 6.99. The Labute approximate surface area is 151 Å². The maximum atomic E-state index is 12.6. The molecule has 0 bridgehead atoms. The third-order valence-electron chi connectivity index (χ3n) is 5.14. The number of carbonyl (C=O) groups is 1. The molecule has 132 valence electrons. The summed E-state index contributed by atoms with van der Waals surface area (Å²) in [5.41, 5.74) is 3.81. The lowest BCUT2D eigenvalue weighted by Gasteiger charge is -2.19. The standard InChI is InChI=1S/C22H28N2O/c1-3-18-9-11-20(12-10-18)17(2)23-22(25)21-13-14-24(16-21)15-19-7-5-4-6-8-19/h4-12,17,21H,3,13-16H2,1-2H3,(H,23,25). The summed E-state index contributed by atoms with van der Waals surface area (Å²) in [5, 5.41) is 3.19. The molecular formula is C22H28N2O. The first-order valence-corrected chi connectivity index (χ1v) is 9.31. The highest BCUT2D eigenvalue weighted by atomic mass is 16.2. The summed E-state index contributed by atoms with van der Waals surface area (Å²) < 4.78 is 0. The van der Waals surface area contributed by atoms with Gasteiger partial charge in [-0.3, -0.25) is 9.69 Å². The second-order valence-electron chi connectivity index (χ2n) is 7.03. The number of likely N-dealkylation sites (tertiary alicyclic amines) is 1. The second-order valence-corrected chi connectivity index (χ2v) is 7.03. The summed E-state index contributed by atoms with van der Waals surface area (Å²) in [5.74, 6) is 0.281. The number of rotatable bonds is 6. The Bertz CT molecular complexity index is 681. The minimum Gasteiger partial charge on any atom is -0.349 e. The van der Waals surface area contributed by atoms with Gasteiger partial charge in [0.2, 0.25) is 5.91 Å². The average Bonchev–Trinajstić information content (AvgIpc) is 3.11. The quantitative estimate of drug-likeness (QED) is 0.866. The number of nitrogens with zero attached hydrogens (tertiary/aromatic N) is 1. The van der Waals surface area contributed by atoms with Crippen LogP contribution in [0.5, 0.6) is 0 Å². The maximum Gasteiger partial charge on any atom is 0.224 e. The van der Waals surface area contributed by atoms with Crippen LogP contribution in [0, 0.1) is 5.92 Å². The van der Waals surface area contributed by atoms with Gasteiger partial charge in [0.1, 0.15) is 0 Å². The molecule has 0 saturated carbocycles. The molecule has 25 heavy (non-hydrogen) atoms. The van der Waals surface area contributed by atoms with Gasteiger partial charge < -0.3 is 5.32 Å².